The number of amides is 4. The van der Waals surface area contributed by atoms with E-state index in [2.05, 4.69) is 20.9 Å². The highest BCUT2D eigenvalue weighted by molar-refractivity contribution is 8.14. The number of amidine groups is 1. The first kappa shape index (κ1) is 20.4. The molecule has 4 amide bonds. The Morgan fingerprint density at radius 3 is 2.59 bits per heavy atom. The predicted octanol–water partition coefficient (Wildman–Crippen LogP) is 0.894. The van der Waals surface area contributed by atoms with Crippen LogP contribution in [0.25, 0.3) is 0 Å². The predicted molar refractivity (Wildman–Crippen MR) is 90.7 cm³/mol. The summed E-state index contributed by atoms with van der Waals surface area (Å²) in [5, 5.41) is 6.52. The number of hydrogen-bond acceptors (Lipinski definition) is 5. The van der Waals surface area contributed by atoms with Crippen molar-refractivity contribution in [1.82, 2.24) is 10.6 Å². The lowest BCUT2D eigenvalue weighted by Gasteiger charge is -2.19. The molecule has 1 aliphatic rings. The van der Waals surface area contributed by atoms with Crippen molar-refractivity contribution >= 4 is 46.2 Å². The largest absolute Gasteiger partial charge is 0.416 e. The summed E-state index contributed by atoms with van der Waals surface area (Å²) in [7, 11) is 0. The lowest BCUT2D eigenvalue weighted by atomic mass is 10.2. The molecule has 1 heterocycles. The number of carbonyl (C=O) groups excluding carboxylic acids is 4. The number of aliphatic imine (C=N–C) groups is 1. The molecule has 2 rings (SSSR count). The van der Waals surface area contributed by atoms with Gasteiger partial charge in [-0.1, -0.05) is 17.8 Å². The second-order valence-corrected chi connectivity index (χ2v) is 6.26. The molecule has 12 heteroatoms. The molecule has 0 radical (unpaired) electrons. The number of carbonyl (C=O) groups is 4. The SMILES string of the molecule is CC(=O)N[C@H]1C(=O)N=C(SCC(=O)Nc2cccc(C(F)(F)F)c2)NC1=O. The van der Waals surface area contributed by atoms with Crippen LogP contribution in [0.15, 0.2) is 29.3 Å². The van der Waals surface area contributed by atoms with Crippen molar-refractivity contribution < 1.29 is 32.3 Å². The molecule has 1 atom stereocenters. The van der Waals surface area contributed by atoms with Gasteiger partial charge >= 0.3 is 6.18 Å². The van der Waals surface area contributed by atoms with E-state index in [9.17, 15) is 32.3 Å². The molecule has 0 aliphatic carbocycles. The summed E-state index contributed by atoms with van der Waals surface area (Å²) in [5.74, 6) is -3.25. The molecule has 1 aromatic carbocycles. The number of hydrogen-bond donors (Lipinski definition) is 3. The van der Waals surface area contributed by atoms with Gasteiger partial charge in [-0.15, -0.1) is 0 Å². The van der Waals surface area contributed by atoms with Crippen LogP contribution < -0.4 is 16.0 Å². The molecule has 0 unspecified atom stereocenters. The van der Waals surface area contributed by atoms with Crippen LogP contribution in [0.3, 0.4) is 0 Å². The Balaban J connectivity index is 1.94. The van der Waals surface area contributed by atoms with Crippen molar-refractivity contribution in [1.29, 1.82) is 0 Å². The molecule has 8 nitrogen and oxygen atoms in total. The number of anilines is 1. The third-order valence-electron chi connectivity index (χ3n) is 3.11. The van der Waals surface area contributed by atoms with Gasteiger partial charge in [-0.2, -0.15) is 18.2 Å². The summed E-state index contributed by atoms with van der Waals surface area (Å²) in [6.45, 7) is 1.13. The van der Waals surface area contributed by atoms with Crippen molar-refractivity contribution in [2.24, 2.45) is 4.99 Å². The molecule has 144 valence electrons. The molecule has 0 saturated heterocycles. The zero-order valence-corrected chi connectivity index (χ0v) is 14.5. The summed E-state index contributed by atoms with van der Waals surface area (Å²) in [6.07, 6.45) is -4.54. The summed E-state index contributed by atoms with van der Waals surface area (Å²) < 4.78 is 37.9. The number of rotatable bonds is 4. The molecule has 0 aromatic heterocycles. The highest BCUT2D eigenvalue weighted by atomic mass is 32.2. The average Bonchev–Trinajstić information content (AvgIpc) is 2.55. The Kier molecular flexibility index (Phi) is 6.20. The number of nitrogens with one attached hydrogen (secondary N) is 3. The zero-order chi connectivity index (χ0) is 20.2. The van der Waals surface area contributed by atoms with Crippen molar-refractivity contribution in [3.63, 3.8) is 0 Å². The first-order valence-electron chi connectivity index (χ1n) is 7.36. The van der Waals surface area contributed by atoms with Gasteiger partial charge in [0.2, 0.25) is 11.8 Å². The highest BCUT2D eigenvalue weighted by Gasteiger charge is 2.33. The minimum absolute atomic E-state index is 0.0492. The standard InChI is InChI=1S/C15H13F3N4O4S/c1-7(23)19-11-12(25)21-14(22-13(11)26)27-6-10(24)20-9-4-2-3-8(5-9)15(16,17)18/h2-5,11H,6H2,1H3,(H,19,23)(H,20,24)(H,21,22,25,26). The lowest BCUT2D eigenvalue weighted by molar-refractivity contribution is -0.137. The molecule has 1 aliphatic heterocycles. The summed E-state index contributed by atoms with van der Waals surface area (Å²) in [4.78, 5) is 49.9. The van der Waals surface area contributed by atoms with E-state index >= 15 is 0 Å². The van der Waals surface area contributed by atoms with E-state index in [1.165, 1.54) is 6.07 Å². The molecule has 27 heavy (non-hydrogen) atoms. The normalized spacial score (nSPS) is 17.0. The van der Waals surface area contributed by atoms with Gasteiger partial charge in [0.25, 0.3) is 11.8 Å². The van der Waals surface area contributed by atoms with Crippen LogP contribution in [0.4, 0.5) is 18.9 Å². The van der Waals surface area contributed by atoms with Crippen LogP contribution in [-0.2, 0) is 25.4 Å². The highest BCUT2D eigenvalue weighted by Crippen LogP contribution is 2.30. The van der Waals surface area contributed by atoms with Gasteiger partial charge in [-0.05, 0) is 18.2 Å². The molecular weight excluding hydrogens is 389 g/mol. The molecular formula is C15H13F3N4O4S. The fraction of sp³-hybridized carbons (Fsp3) is 0.267. The van der Waals surface area contributed by atoms with E-state index in [0.717, 1.165) is 25.1 Å². The minimum atomic E-state index is -4.54. The first-order chi connectivity index (χ1) is 12.6. The second-order valence-electron chi connectivity index (χ2n) is 5.29. The molecule has 0 bridgehead atoms. The van der Waals surface area contributed by atoms with Gasteiger partial charge in [-0.3, -0.25) is 19.2 Å². The Morgan fingerprint density at radius 2 is 2.00 bits per heavy atom. The topological polar surface area (TPSA) is 117 Å². The van der Waals surface area contributed by atoms with E-state index in [-0.39, 0.29) is 16.6 Å². The van der Waals surface area contributed by atoms with Gasteiger partial charge < -0.3 is 16.0 Å². The van der Waals surface area contributed by atoms with Gasteiger partial charge in [0.05, 0.1) is 11.3 Å². The maximum absolute atomic E-state index is 12.6. The molecule has 0 fully saturated rings. The maximum Gasteiger partial charge on any atom is 0.416 e. The molecule has 0 spiro atoms. The number of thioether (sulfide) groups is 1. The Labute approximate surface area is 155 Å². The summed E-state index contributed by atoms with van der Waals surface area (Å²) in [5.41, 5.74) is -0.960. The van der Waals surface area contributed by atoms with E-state index in [1.807, 2.05) is 0 Å². The van der Waals surface area contributed by atoms with Crippen molar-refractivity contribution in [2.75, 3.05) is 11.1 Å². The van der Waals surface area contributed by atoms with E-state index in [0.29, 0.717) is 11.8 Å². The van der Waals surface area contributed by atoms with Gasteiger partial charge in [0.1, 0.15) is 0 Å². The van der Waals surface area contributed by atoms with E-state index in [4.69, 9.17) is 0 Å². The molecule has 3 N–H and O–H groups in total. The summed E-state index contributed by atoms with van der Waals surface area (Å²) >= 11 is 0.713. The smallest absolute Gasteiger partial charge is 0.337 e. The Morgan fingerprint density at radius 1 is 1.30 bits per heavy atom. The Hall–Kier alpha value is -2.89. The maximum atomic E-state index is 12.6. The van der Waals surface area contributed by atoms with Gasteiger partial charge in [-0.25, -0.2) is 0 Å². The number of alkyl halides is 3. The van der Waals surface area contributed by atoms with Crippen LogP contribution in [0.2, 0.25) is 0 Å². The van der Waals surface area contributed by atoms with E-state index in [1.54, 1.807) is 0 Å². The second kappa shape index (κ2) is 8.20. The van der Waals surface area contributed by atoms with Gasteiger partial charge in [0, 0.05) is 12.6 Å². The lowest BCUT2D eigenvalue weighted by Crippen LogP contribution is -2.54. The van der Waals surface area contributed by atoms with Crippen LogP contribution in [0, 0.1) is 0 Å². The molecule has 0 saturated carbocycles. The summed E-state index contributed by atoms with van der Waals surface area (Å²) in [6, 6.07) is 2.65. The number of halogens is 3. The quantitative estimate of drug-likeness (QED) is 0.647. The third kappa shape index (κ3) is 5.81. The van der Waals surface area contributed by atoms with Crippen molar-refractivity contribution in [2.45, 2.75) is 19.1 Å². The monoisotopic (exact) mass is 402 g/mol. The van der Waals surface area contributed by atoms with Crippen LogP contribution >= 0.6 is 11.8 Å². The Bertz CT molecular complexity index is 826. The van der Waals surface area contributed by atoms with Crippen LogP contribution in [0.1, 0.15) is 12.5 Å². The van der Waals surface area contributed by atoms with Crippen molar-refractivity contribution in [3.8, 4) is 0 Å². The fourth-order valence-corrected chi connectivity index (χ4v) is 2.65. The number of benzene rings is 1. The number of nitrogens with zero attached hydrogens (tertiary/aromatic N) is 1. The minimum Gasteiger partial charge on any atom is -0.337 e. The van der Waals surface area contributed by atoms with Crippen molar-refractivity contribution in [3.05, 3.63) is 29.8 Å². The first-order valence-corrected chi connectivity index (χ1v) is 8.35. The average molecular weight is 402 g/mol. The van der Waals surface area contributed by atoms with Crippen LogP contribution in [-0.4, -0.2) is 40.6 Å². The van der Waals surface area contributed by atoms with Gasteiger partial charge in [0.15, 0.2) is 11.2 Å². The van der Waals surface area contributed by atoms with Crippen LogP contribution in [0.5, 0.6) is 0 Å². The fourth-order valence-electron chi connectivity index (χ4n) is 1.99. The molecule has 1 aromatic rings. The zero-order valence-electron chi connectivity index (χ0n) is 13.7. The third-order valence-corrected chi connectivity index (χ3v) is 3.99. The van der Waals surface area contributed by atoms with E-state index < -0.39 is 41.4 Å².